The third-order valence-corrected chi connectivity index (χ3v) is 0.129. The van der Waals surface area contributed by atoms with Gasteiger partial charge in [0.2, 0.25) is 0 Å². The van der Waals surface area contributed by atoms with Crippen molar-refractivity contribution in [1.29, 1.82) is 0 Å². The molecule has 7 heavy (non-hydrogen) atoms. The Labute approximate surface area is 58.5 Å². The van der Waals surface area contributed by atoms with E-state index in [0.717, 1.165) is 0 Å². The fourth-order valence-corrected chi connectivity index (χ4v) is 0. The van der Waals surface area contributed by atoms with Gasteiger partial charge in [-0.15, -0.1) is 0 Å². The van der Waals surface area contributed by atoms with Crippen molar-refractivity contribution in [2.75, 3.05) is 13.2 Å². The quantitative estimate of drug-likeness (QED) is 0.621. The van der Waals surface area contributed by atoms with Crippen molar-refractivity contribution in [2.45, 2.75) is 0 Å². The van der Waals surface area contributed by atoms with Gasteiger partial charge in [-0.25, -0.2) is 0 Å². The molecule has 0 aliphatic heterocycles. The van der Waals surface area contributed by atoms with Crippen LogP contribution in [0.4, 0.5) is 0 Å². The Bertz CT molecular complexity index is 14.9. The van der Waals surface area contributed by atoms with Gasteiger partial charge in [-0.3, -0.25) is 0 Å². The van der Waals surface area contributed by atoms with E-state index in [1.165, 1.54) is 0 Å². The topological polar surface area (TPSA) is 76.2 Å². The van der Waals surface area contributed by atoms with Gasteiger partial charge >= 0.3 is 21.1 Å². The first kappa shape index (κ1) is 25.6. The molecule has 0 amide bonds. The van der Waals surface area contributed by atoms with E-state index in [0.29, 0.717) is 6.54 Å². The van der Waals surface area contributed by atoms with Gasteiger partial charge in [0.25, 0.3) is 0 Å². The normalized spacial score (nSPS) is 4.29. The molecule has 4 heteroatoms. The zero-order chi connectivity index (χ0) is 3.41. The summed E-state index contributed by atoms with van der Waals surface area (Å²) in [4.78, 5) is 0. The van der Waals surface area contributed by atoms with Gasteiger partial charge in [0.05, 0.1) is 6.61 Å². The van der Waals surface area contributed by atoms with Crippen LogP contribution < -0.4 is 5.73 Å². The van der Waals surface area contributed by atoms with E-state index >= 15 is 0 Å². The zero-order valence-corrected chi connectivity index (χ0v) is 6.47. The molecule has 0 aliphatic rings. The minimum absolute atomic E-state index is 0. The van der Waals surface area contributed by atoms with Crippen LogP contribution in [-0.4, -0.2) is 23.7 Å². The molecule has 0 rings (SSSR count). The fraction of sp³-hybridized carbons (Fsp3) is 0.667. The Morgan fingerprint density at radius 1 is 1.43 bits per heavy atom. The van der Waals surface area contributed by atoms with Crippen LogP contribution in [0.5, 0.6) is 0 Å². The van der Waals surface area contributed by atoms with Crippen LogP contribution in [0.1, 0.15) is 0 Å². The number of rotatable bonds is 1. The van der Waals surface area contributed by atoms with E-state index in [1.807, 2.05) is 0 Å². The van der Waals surface area contributed by atoms with Crippen molar-refractivity contribution in [3.63, 3.8) is 0 Å². The van der Waals surface area contributed by atoms with Crippen LogP contribution in [0.3, 0.4) is 0 Å². The summed E-state index contributed by atoms with van der Waals surface area (Å²) in [5.41, 5.74) is 4.78. The molecule has 0 radical (unpaired) electrons. The molecule has 50 valence electrons. The maximum Gasteiger partial charge on any atom is 2.00 e. The molecule has 0 fully saturated rings. The van der Waals surface area contributed by atoms with Crippen molar-refractivity contribution in [1.82, 2.24) is 0 Å². The van der Waals surface area contributed by atoms with Crippen molar-refractivity contribution in [3.05, 3.63) is 7.43 Å². The Morgan fingerprint density at radius 3 is 1.57 bits per heavy atom. The van der Waals surface area contributed by atoms with E-state index in [-0.39, 0.29) is 40.6 Å². The molecule has 0 unspecified atom stereocenters. The predicted octanol–water partition coefficient (Wildman–Crippen LogP) is -0.792. The maximum absolute atomic E-state index is 7.75. The second-order valence-electron chi connectivity index (χ2n) is 0.512. The van der Waals surface area contributed by atoms with E-state index < -0.39 is 0 Å². The van der Waals surface area contributed by atoms with Gasteiger partial charge in [0.1, 0.15) is 0 Å². The molecule has 0 spiro atoms. The number of hydrogen-bond acceptors (Lipinski definition) is 3. The molecule has 3 nitrogen and oxygen atoms in total. The van der Waals surface area contributed by atoms with Gasteiger partial charge in [-0.2, -0.15) is 0 Å². The van der Waals surface area contributed by atoms with Crippen LogP contribution in [-0.2, 0) is 21.1 Å². The Balaban J connectivity index is -0.0000000150. The summed E-state index contributed by atoms with van der Waals surface area (Å²) in [7, 11) is 0. The third kappa shape index (κ3) is 55.7. The molecule has 0 saturated carbocycles. The van der Waals surface area contributed by atoms with Crippen LogP contribution in [0, 0.1) is 7.43 Å². The maximum atomic E-state index is 7.75. The molecule has 4 N–H and O–H groups in total. The van der Waals surface area contributed by atoms with Crippen LogP contribution in [0.15, 0.2) is 0 Å². The van der Waals surface area contributed by atoms with Gasteiger partial charge in [0.15, 0.2) is 0 Å². The van der Waals surface area contributed by atoms with E-state index in [4.69, 9.17) is 10.8 Å². The molecule has 0 aromatic rings. The molecule has 0 saturated heterocycles. The molecule has 0 heterocycles. The average molecular weight is 288 g/mol. The molecular weight excluding hydrogens is 277 g/mol. The molecule has 0 atom stereocenters. The van der Waals surface area contributed by atoms with E-state index in [2.05, 4.69) is 0 Å². The van der Waals surface area contributed by atoms with Gasteiger partial charge < -0.3 is 23.7 Å². The number of aliphatic hydroxyl groups excluding tert-OH is 1. The van der Waals surface area contributed by atoms with Crippen molar-refractivity contribution in [2.24, 2.45) is 5.73 Å². The molecule has 0 aliphatic carbocycles. The first-order valence-corrected chi connectivity index (χ1v) is 1.22. The van der Waals surface area contributed by atoms with Crippen molar-refractivity contribution < 1.29 is 31.6 Å². The largest absolute Gasteiger partial charge is 2.00 e. The van der Waals surface area contributed by atoms with Gasteiger partial charge in [-0.1, -0.05) is 0 Å². The summed E-state index contributed by atoms with van der Waals surface area (Å²) in [6, 6.07) is 0. The van der Waals surface area contributed by atoms with Crippen LogP contribution in [0.2, 0.25) is 0 Å². The molecule has 0 aromatic carbocycles. The number of nitrogens with two attached hydrogens (primary N) is 1. The average Bonchev–Trinajstić information content (AvgIpc) is 1.37. The second kappa shape index (κ2) is 30.9. The zero-order valence-electron chi connectivity index (χ0n) is 4.20. The first-order valence-electron chi connectivity index (χ1n) is 1.22. The summed E-state index contributed by atoms with van der Waals surface area (Å²) < 4.78 is 0. The number of hydrogen-bond donors (Lipinski definition) is 2. The van der Waals surface area contributed by atoms with Gasteiger partial charge in [-0.05, 0) is 0 Å². The van der Waals surface area contributed by atoms with Gasteiger partial charge in [0, 0.05) is 6.54 Å². The number of aliphatic hydroxyl groups is 1. The minimum Gasteiger partial charge on any atom is -0.870 e. The van der Waals surface area contributed by atoms with Crippen molar-refractivity contribution in [3.8, 4) is 0 Å². The Kier molecular flexibility index (Phi) is 113. The SMILES string of the molecule is NCCO.[CH3-].[OH-].[Pt+2]. The molecular formula is C3H11NO2Pt. The monoisotopic (exact) mass is 288 g/mol. The predicted molar refractivity (Wildman–Crippen MR) is 24.5 cm³/mol. The molecule has 0 aromatic heterocycles. The summed E-state index contributed by atoms with van der Waals surface area (Å²) >= 11 is 0. The first-order chi connectivity index (χ1) is 1.91. The van der Waals surface area contributed by atoms with E-state index in [1.54, 1.807) is 0 Å². The van der Waals surface area contributed by atoms with Crippen molar-refractivity contribution >= 4 is 0 Å². The smallest absolute Gasteiger partial charge is 0.870 e. The minimum atomic E-state index is 0. The van der Waals surface area contributed by atoms with E-state index in [9.17, 15) is 0 Å². The molecule has 0 bridgehead atoms. The van der Waals surface area contributed by atoms with Crippen LogP contribution >= 0.6 is 0 Å². The third-order valence-electron chi connectivity index (χ3n) is 0.129. The summed E-state index contributed by atoms with van der Waals surface area (Å²) in [5.74, 6) is 0. The Morgan fingerprint density at radius 2 is 1.57 bits per heavy atom. The van der Waals surface area contributed by atoms with Crippen LogP contribution in [0.25, 0.3) is 0 Å². The Hall–Kier alpha value is 0.568. The standard InChI is InChI=1S/C2H7NO.CH3.H2O.Pt/c3-1-2-4;;;/h4H,1-3H2;1H3;1H2;/q;-1;;+2/p-1. The summed E-state index contributed by atoms with van der Waals surface area (Å²) in [5, 5.41) is 7.75. The fourth-order valence-electron chi connectivity index (χ4n) is 0. The summed E-state index contributed by atoms with van der Waals surface area (Å²) in [6.07, 6.45) is 0. The second-order valence-corrected chi connectivity index (χ2v) is 0.512. The summed E-state index contributed by atoms with van der Waals surface area (Å²) in [6.45, 7) is 0.472.